The number of ether oxygens (including phenoxy) is 2. The van der Waals surface area contributed by atoms with Crippen molar-refractivity contribution in [1.82, 2.24) is 19.7 Å². The summed E-state index contributed by atoms with van der Waals surface area (Å²) in [6.45, 7) is 2.65. The average molecular weight is 340 g/mol. The molecule has 0 radical (unpaired) electrons. The van der Waals surface area contributed by atoms with Crippen LogP contribution in [0.3, 0.4) is 0 Å². The first kappa shape index (κ1) is 15.9. The maximum Gasteiger partial charge on any atom is 0.378 e. The zero-order valence-corrected chi connectivity index (χ0v) is 13.5. The van der Waals surface area contributed by atoms with E-state index in [1.165, 1.54) is 12.3 Å². The summed E-state index contributed by atoms with van der Waals surface area (Å²) >= 11 is 1.06. The molecule has 0 bridgehead atoms. The normalized spacial score (nSPS) is 24.7. The summed E-state index contributed by atoms with van der Waals surface area (Å²) in [4.78, 5) is 13.8. The van der Waals surface area contributed by atoms with Gasteiger partial charge in [0, 0.05) is 11.3 Å². The largest absolute Gasteiger partial charge is 0.622 e. The predicted octanol–water partition coefficient (Wildman–Crippen LogP) is 1.42. The lowest BCUT2D eigenvalue weighted by molar-refractivity contribution is 0.00247. The smallest absolute Gasteiger partial charge is 0.378 e. The lowest BCUT2D eigenvalue weighted by Crippen LogP contribution is -2.50. The molecule has 2 aromatic heterocycles. The molecule has 0 amide bonds. The third-order valence-electron chi connectivity index (χ3n) is 3.34. The SMILES string of the molecule is CCOc1nnc([N+]2([O-])CN(C)CC2OC(=O)c2ccco2)s1. The van der Waals surface area contributed by atoms with E-state index in [1.807, 2.05) is 6.92 Å². The van der Waals surface area contributed by atoms with Crippen LogP contribution in [0.1, 0.15) is 17.5 Å². The number of aromatic nitrogens is 2. The Kier molecular flexibility index (Phi) is 4.31. The number of likely N-dealkylation sites (N-methyl/N-ethyl adjacent to an activating group) is 1. The van der Waals surface area contributed by atoms with E-state index in [-0.39, 0.29) is 17.6 Å². The van der Waals surface area contributed by atoms with E-state index in [9.17, 15) is 10.0 Å². The lowest BCUT2D eigenvalue weighted by atomic mass is 10.4. The summed E-state index contributed by atoms with van der Waals surface area (Å²) in [6.07, 6.45) is 0.426. The number of rotatable bonds is 5. The Bertz CT molecular complexity index is 676. The van der Waals surface area contributed by atoms with E-state index < -0.39 is 16.8 Å². The summed E-state index contributed by atoms with van der Waals surface area (Å²) in [5, 5.41) is 21.5. The molecule has 23 heavy (non-hydrogen) atoms. The highest BCUT2D eigenvalue weighted by Crippen LogP contribution is 2.36. The summed E-state index contributed by atoms with van der Waals surface area (Å²) in [5.74, 6) is -0.624. The van der Waals surface area contributed by atoms with Gasteiger partial charge in [-0.3, -0.25) is 4.65 Å². The van der Waals surface area contributed by atoms with Crippen molar-refractivity contribution < 1.29 is 18.7 Å². The van der Waals surface area contributed by atoms with E-state index in [0.717, 1.165) is 11.3 Å². The fourth-order valence-corrected chi connectivity index (χ4v) is 3.15. The van der Waals surface area contributed by atoms with Crippen molar-refractivity contribution in [2.24, 2.45) is 0 Å². The molecule has 3 heterocycles. The Balaban J connectivity index is 1.81. The number of hydrogen-bond donors (Lipinski definition) is 0. The highest BCUT2D eigenvalue weighted by molar-refractivity contribution is 7.16. The summed E-state index contributed by atoms with van der Waals surface area (Å²) in [7, 11) is 1.77. The molecule has 0 saturated carbocycles. The van der Waals surface area contributed by atoms with Crippen LogP contribution in [0.4, 0.5) is 5.13 Å². The van der Waals surface area contributed by atoms with E-state index >= 15 is 0 Å². The van der Waals surface area contributed by atoms with Gasteiger partial charge in [0.2, 0.25) is 5.76 Å². The Morgan fingerprint density at radius 3 is 3.13 bits per heavy atom. The third-order valence-corrected chi connectivity index (χ3v) is 4.28. The zero-order chi connectivity index (χ0) is 16.4. The van der Waals surface area contributed by atoms with Gasteiger partial charge in [-0.25, -0.2) is 9.69 Å². The molecule has 2 atom stereocenters. The van der Waals surface area contributed by atoms with Crippen molar-refractivity contribution in [2.45, 2.75) is 13.2 Å². The van der Waals surface area contributed by atoms with Crippen LogP contribution < -0.4 is 9.38 Å². The molecule has 2 aromatic rings. The van der Waals surface area contributed by atoms with Gasteiger partial charge in [0.25, 0.3) is 11.4 Å². The first-order valence-electron chi connectivity index (χ1n) is 7.01. The van der Waals surface area contributed by atoms with Crippen LogP contribution in [0, 0.1) is 5.21 Å². The average Bonchev–Trinajstić information content (AvgIpc) is 3.21. The molecule has 0 aromatic carbocycles. The number of hydrogen-bond acceptors (Lipinski definition) is 9. The number of furan rings is 1. The van der Waals surface area contributed by atoms with Gasteiger partial charge in [0.1, 0.15) is 6.67 Å². The summed E-state index contributed by atoms with van der Waals surface area (Å²) in [6, 6.07) is 3.06. The van der Waals surface area contributed by atoms with Gasteiger partial charge in [-0.1, -0.05) is 10.2 Å². The molecule has 1 fully saturated rings. The van der Waals surface area contributed by atoms with Crippen LogP contribution in [-0.4, -0.2) is 54.2 Å². The monoisotopic (exact) mass is 340 g/mol. The van der Waals surface area contributed by atoms with Crippen LogP contribution in [0.5, 0.6) is 5.19 Å². The molecule has 3 rings (SSSR count). The fourth-order valence-electron chi connectivity index (χ4n) is 2.33. The quantitative estimate of drug-likeness (QED) is 0.458. The zero-order valence-electron chi connectivity index (χ0n) is 12.7. The molecule has 0 N–H and O–H groups in total. The van der Waals surface area contributed by atoms with Gasteiger partial charge in [0.05, 0.1) is 19.4 Å². The summed E-state index contributed by atoms with van der Waals surface area (Å²) < 4.78 is 14.7. The van der Waals surface area contributed by atoms with E-state index in [1.54, 1.807) is 18.0 Å². The second-order valence-corrected chi connectivity index (χ2v) is 6.01. The van der Waals surface area contributed by atoms with Gasteiger partial charge < -0.3 is 19.1 Å². The minimum atomic E-state index is -0.944. The topological polar surface area (TPSA) is 101 Å². The lowest BCUT2D eigenvalue weighted by Gasteiger charge is -2.37. The van der Waals surface area contributed by atoms with E-state index in [0.29, 0.717) is 18.3 Å². The van der Waals surface area contributed by atoms with Gasteiger partial charge in [0.15, 0.2) is 0 Å². The maximum absolute atomic E-state index is 13.2. The highest BCUT2D eigenvalue weighted by Gasteiger charge is 2.45. The highest BCUT2D eigenvalue weighted by atomic mass is 32.1. The molecule has 10 heteroatoms. The number of nitrogens with zero attached hydrogens (tertiary/aromatic N) is 4. The standard InChI is InChI=1S/C13H16N4O5S/c1-3-20-13-15-14-12(23-13)17(19)8-16(2)7-10(17)22-11(18)9-5-4-6-21-9/h4-6,10H,3,7-8H2,1-2H3. The maximum atomic E-state index is 13.2. The summed E-state index contributed by atoms with van der Waals surface area (Å²) in [5.41, 5.74) is 0. The fraction of sp³-hybridized carbons (Fsp3) is 0.462. The molecule has 2 unspecified atom stereocenters. The van der Waals surface area contributed by atoms with Crippen LogP contribution in [0.15, 0.2) is 22.8 Å². The molecule has 1 aliphatic heterocycles. The van der Waals surface area contributed by atoms with Crippen LogP contribution in [0.2, 0.25) is 0 Å². The number of carbonyl (C=O) groups excluding carboxylic acids is 1. The van der Waals surface area contributed by atoms with Gasteiger partial charge >= 0.3 is 11.1 Å². The number of hydroxylamine groups is 2. The van der Waals surface area contributed by atoms with Gasteiger partial charge in [-0.15, -0.1) is 0 Å². The van der Waals surface area contributed by atoms with Crippen LogP contribution in [0.25, 0.3) is 0 Å². The molecule has 9 nitrogen and oxygen atoms in total. The van der Waals surface area contributed by atoms with Crippen molar-refractivity contribution in [3.8, 4) is 5.19 Å². The Morgan fingerprint density at radius 1 is 1.61 bits per heavy atom. The predicted molar refractivity (Wildman–Crippen MR) is 81.6 cm³/mol. The molecule has 124 valence electrons. The number of carbonyl (C=O) groups is 1. The first-order chi connectivity index (χ1) is 11.0. The molecule has 0 spiro atoms. The molecule has 1 saturated heterocycles. The van der Waals surface area contributed by atoms with Crippen molar-refractivity contribution in [1.29, 1.82) is 0 Å². The minimum Gasteiger partial charge on any atom is -0.622 e. The van der Waals surface area contributed by atoms with Crippen molar-refractivity contribution in [2.75, 3.05) is 26.9 Å². The van der Waals surface area contributed by atoms with Gasteiger partial charge in [-0.2, -0.15) is 0 Å². The second-order valence-electron chi connectivity index (χ2n) is 5.10. The number of quaternary nitrogens is 1. The molecule has 1 aliphatic rings. The molecular weight excluding hydrogens is 324 g/mol. The van der Waals surface area contributed by atoms with Crippen molar-refractivity contribution in [3.63, 3.8) is 0 Å². The molecular formula is C13H16N4O5S. The van der Waals surface area contributed by atoms with E-state index in [4.69, 9.17) is 13.9 Å². The Morgan fingerprint density at radius 2 is 2.43 bits per heavy atom. The Hall–Kier alpha value is -2.01. The first-order valence-corrected chi connectivity index (χ1v) is 7.83. The van der Waals surface area contributed by atoms with E-state index in [2.05, 4.69) is 10.2 Å². The second kappa shape index (κ2) is 6.24. The number of esters is 1. The minimum absolute atomic E-state index is 0.0540. The van der Waals surface area contributed by atoms with Crippen LogP contribution >= 0.6 is 11.3 Å². The Labute approximate surface area is 136 Å². The van der Waals surface area contributed by atoms with Crippen molar-refractivity contribution in [3.05, 3.63) is 29.4 Å². The third kappa shape index (κ3) is 3.06. The van der Waals surface area contributed by atoms with Crippen LogP contribution in [-0.2, 0) is 4.74 Å². The molecule has 0 aliphatic carbocycles. The van der Waals surface area contributed by atoms with Gasteiger partial charge in [-0.05, 0) is 26.1 Å². The van der Waals surface area contributed by atoms with Crippen molar-refractivity contribution >= 4 is 22.4 Å².